The van der Waals surface area contributed by atoms with E-state index in [4.69, 9.17) is 0 Å². The molecule has 0 atom stereocenters. The third kappa shape index (κ3) is 2.78. The van der Waals surface area contributed by atoms with E-state index < -0.39 is 0 Å². The summed E-state index contributed by atoms with van der Waals surface area (Å²) in [5.41, 5.74) is 3.59. The van der Waals surface area contributed by atoms with E-state index in [1.165, 1.54) is 0 Å². The molecule has 0 bridgehead atoms. The van der Waals surface area contributed by atoms with Gasteiger partial charge in [-0.2, -0.15) is 0 Å². The van der Waals surface area contributed by atoms with Gasteiger partial charge in [-0.25, -0.2) is 4.79 Å². The lowest BCUT2D eigenvalue weighted by Gasteiger charge is -2.30. The summed E-state index contributed by atoms with van der Waals surface area (Å²) in [5, 5.41) is 2.76. The number of aryl methyl sites for hydroxylation is 1. The molecule has 0 unspecified atom stereocenters. The van der Waals surface area contributed by atoms with Crippen LogP contribution in [0.5, 0.6) is 0 Å². The van der Waals surface area contributed by atoms with Crippen LogP contribution in [-0.2, 0) is 5.41 Å². The molecule has 4 heteroatoms. The topological polar surface area (TPSA) is 45.2 Å². The summed E-state index contributed by atoms with van der Waals surface area (Å²) < 4.78 is 0. The molecule has 2 heterocycles. The average Bonchev–Trinajstić information content (AvgIpc) is 2.28. The van der Waals surface area contributed by atoms with Crippen molar-refractivity contribution in [3.8, 4) is 0 Å². The molecular formula is C15H21N3O. The van der Waals surface area contributed by atoms with Gasteiger partial charge in [-0.15, -0.1) is 0 Å². The molecule has 1 aromatic rings. The fourth-order valence-electron chi connectivity index (χ4n) is 2.12. The summed E-state index contributed by atoms with van der Waals surface area (Å²) in [6, 6.07) is 3.86. The molecular weight excluding hydrogens is 238 g/mol. The number of nitrogens with zero attached hydrogens (tertiary/aromatic N) is 2. The molecule has 1 fully saturated rings. The van der Waals surface area contributed by atoms with Crippen LogP contribution in [0.1, 0.15) is 38.6 Å². The Balaban J connectivity index is 2.31. The predicted octanol–water partition coefficient (Wildman–Crippen LogP) is 3.12. The zero-order valence-electron chi connectivity index (χ0n) is 12.1. The Kier molecular flexibility index (Phi) is 3.35. The summed E-state index contributed by atoms with van der Waals surface area (Å²) in [5.74, 6) is 0. The number of carbonyl (C=O) groups excluding carboxylic acids is 1. The molecule has 1 saturated heterocycles. The van der Waals surface area contributed by atoms with Gasteiger partial charge in [0, 0.05) is 29.8 Å². The normalized spacial score (nSPS) is 16.5. The second-order valence-corrected chi connectivity index (χ2v) is 5.99. The second-order valence-electron chi connectivity index (χ2n) is 5.99. The highest BCUT2D eigenvalue weighted by atomic mass is 16.2. The third-order valence-corrected chi connectivity index (χ3v) is 3.28. The molecule has 0 radical (unpaired) electrons. The van der Waals surface area contributed by atoms with Gasteiger partial charge in [-0.3, -0.25) is 9.88 Å². The highest BCUT2D eigenvalue weighted by molar-refractivity contribution is 5.94. The number of amides is 2. The number of urea groups is 1. The number of aromatic nitrogens is 1. The van der Waals surface area contributed by atoms with Crippen LogP contribution in [-0.4, -0.2) is 17.6 Å². The van der Waals surface area contributed by atoms with E-state index in [1.807, 2.05) is 19.1 Å². The molecule has 2 rings (SSSR count). The molecule has 1 aliphatic heterocycles. The summed E-state index contributed by atoms with van der Waals surface area (Å²) >= 11 is 0. The average molecular weight is 259 g/mol. The SMILES string of the molecule is C=C1CCN(c2ccc(C(C)(C)C)nc2C)C(=O)N1. The molecule has 4 nitrogen and oxygen atoms in total. The minimum Gasteiger partial charge on any atom is -0.312 e. The number of carbonyl (C=O) groups is 1. The van der Waals surface area contributed by atoms with Gasteiger partial charge >= 0.3 is 6.03 Å². The smallest absolute Gasteiger partial charge is 0.312 e. The van der Waals surface area contributed by atoms with Crippen molar-refractivity contribution in [2.75, 3.05) is 11.4 Å². The van der Waals surface area contributed by atoms with Crippen molar-refractivity contribution in [1.29, 1.82) is 0 Å². The number of pyridine rings is 1. The van der Waals surface area contributed by atoms with Crippen LogP contribution in [0.2, 0.25) is 0 Å². The van der Waals surface area contributed by atoms with E-state index in [-0.39, 0.29) is 11.4 Å². The van der Waals surface area contributed by atoms with Crippen LogP contribution in [0, 0.1) is 6.92 Å². The van der Waals surface area contributed by atoms with Gasteiger partial charge in [0.2, 0.25) is 0 Å². The first-order valence-electron chi connectivity index (χ1n) is 6.53. The molecule has 19 heavy (non-hydrogen) atoms. The predicted molar refractivity (Wildman–Crippen MR) is 77.3 cm³/mol. The lowest BCUT2D eigenvalue weighted by Crippen LogP contribution is -2.45. The fraction of sp³-hybridized carbons (Fsp3) is 0.467. The summed E-state index contributed by atoms with van der Waals surface area (Å²) in [6.07, 6.45) is 0.770. The summed E-state index contributed by atoms with van der Waals surface area (Å²) in [6.45, 7) is 12.8. The number of hydrogen-bond acceptors (Lipinski definition) is 2. The largest absolute Gasteiger partial charge is 0.326 e. The standard InChI is InChI=1S/C15H21N3O/c1-10-8-9-18(14(19)16-10)12-6-7-13(15(3,4)5)17-11(12)2/h6-7H,1,8-9H2,2-5H3,(H,16,19). The van der Waals surface area contributed by atoms with Gasteiger partial charge in [-0.05, 0) is 19.1 Å². The van der Waals surface area contributed by atoms with E-state index >= 15 is 0 Å². The summed E-state index contributed by atoms with van der Waals surface area (Å²) in [7, 11) is 0. The Bertz CT molecular complexity index is 529. The van der Waals surface area contributed by atoms with Crippen molar-refractivity contribution >= 4 is 11.7 Å². The maximum Gasteiger partial charge on any atom is 0.326 e. The lowest BCUT2D eigenvalue weighted by molar-refractivity contribution is 0.246. The first-order chi connectivity index (χ1) is 8.79. The van der Waals surface area contributed by atoms with Crippen LogP contribution >= 0.6 is 0 Å². The first-order valence-corrected chi connectivity index (χ1v) is 6.53. The van der Waals surface area contributed by atoms with Gasteiger partial charge in [-0.1, -0.05) is 27.4 Å². The molecule has 0 spiro atoms. The molecule has 1 N–H and O–H groups in total. The van der Waals surface area contributed by atoms with E-state index in [0.29, 0.717) is 6.54 Å². The lowest BCUT2D eigenvalue weighted by atomic mass is 9.91. The molecule has 0 aromatic carbocycles. The van der Waals surface area contributed by atoms with Crippen molar-refractivity contribution in [3.63, 3.8) is 0 Å². The molecule has 0 aliphatic carbocycles. The van der Waals surface area contributed by atoms with Crippen LogP contribution in [0.4, 0.5) is 10.5 Å². The quantitative estimate of drug-likeness (QED) is 0.842. The van der Waals surface area contributed by atoms with Crippen molar-refractivity contribution in [2.45, 2.75) is 39.5 Å². The van der Waals surface area contributed by atoms with Gasteiger partial charge in [0.15, 0.2) is 0 Å². The third-order valence-electron chi connectivity index (χ3n) is 3.28. The Morgan fingerprint density at radius 2 is 2.05 bits per heavy atom. The molecule has 1 aliphatic rings. The van der Waals surface area contributed by atoms with Crippen molar-refractivity contribution in [3.05, 3.63) is 35.8 Å². The van der Waals surface area contributed by atoms with Gasteiger partial charge in [0.1, 0.15) is 0 Å². The van der Waals surface area contributed by atoms with Crippen molar-refractivity contribution < 1.29 is 4.79 Å². The Labute approximate surface area is 114 Å². The number of hydrogen-bond donors (Lipinski definition) is 1. The monoisotopic (exact) mass is 259 g/mol. The van der Waals surface area contributed by atoms with E-state index in [2.05, 4.69) is 37.7 Å². The maximum absolute atomic E-state index is 12.0. The molecule has 0 saturated carbocycles. The van der Waals surface area contributed by atoms with Crippen LogP contribution < -0.4 is 10.2 Å². The minimum absolute atomic E-state index is 0.0156. The van der Waals surface area contributed by atoms with Gasteiger partial charge in [0.25, 0.3) is 0 Å². The van der Waals surface area contributed by atoms with E-state index in [0.717, 1.165) is 29.2 Å². The number of nitrogens with one attached hydrogen (secondary N) is 1. The minimum atomic E-state index is -0.121. The Morgan fingerprint density at radius 3 is 2.58 bits per heavy atom. The zero-order chi connectivity index (χ0) is 14.2. The molecule has 102 valence electrons. The van der Waals surface area contributed by atoms with Gasteiger partial charge in [0.05, 0.1) is 11.4 Å². The van der Waals surface area contributed by atoms with E-state index in [9.17, 15) is 4.79 Å². The highest BCUT2D eigenvalue weighted by Gasteiger charge is 2.24. The Morgan fingerprint density at radius 1 is 1.37 bits per heavy atom. The molecule has 1 aromatic heterocycles. The zero-order valence-corrected chi connectivity index (χ0v) is 12.1. The van der Waals surface area contributed by atoms with Crippen molar-refractivity contribution in [1.82, 2.24) is 10.3 Å². The summed E-state index contributed by atoms with van der Waals surface area (Å²) in [4.78, 5) is 18.3. The van der Waals surface area contributed by atoms with Crippen LogP contribution in [0.3, 0.4) is 0 Å². The first kappa shape index (κ1) is 13.6. The van der Waals surface area contributed by atoms with Crippen molar-refractivity contribution in [2.24, 2.45) is 0 Å². The Hall–Kier alpha value is -1.84. The number of rotatable bonds is 1. The fourth-order valence-corrected chi connectivity index (χ4v) is 2.12. The van der Waals surface area contributed by atoms with Crippen LogP contribution in [0.15, 0.2) is 24.4 Å². The van der Waals surface area contributed by atoms with Crippen LogP contribution in [0.25, 0.3) is 0 Å². The molecule has 2 amide bonds. The second kappa shape index (κ2) is 4.68. The maximum atomic E-state index is 12.0. The number of anilines is 1. The van der Waals surface area contributed by atoms with Gasteiger partial charge < -0.3 is 5.32 Å². The highest BCUT2D eigenvalue weighted by Crippen LogP contribution is 2.26. The van der Waals surface area contributed by atoms with E-state index in [1.54, 1.807) is 4.90 Å².